The van der Waals surface area contributed by atoms with E-state index < -0.39 is 0 Å². The van der Waals surface area contributed by atoms with Gasteiger partial charge in [-0.25, -0.2) is 4.68 Å². The molecule has 0 aliphatic heterocycles. The Morgan fingerprint density at radius 3 is 2.70 bits per heavy atom. The highest BCUT2D eigenvalue weighted by atomic mass is 16.2. The highest BCUT2D eigenvalue weighted by Crippen LogP contribution is 2.08. The van der Waals surface area contributed by atoms with Crippen LogP contribution in [0.5, 0.6) is 0 Å². The fraction of sp³-hybridized carbons (Fsp3) is 0.235. The summed E-state index contributed by atoms with van der Waals surface area (Å²) < 4.78 is 1.73. The minimum atomic E-state index is -0.323. The standard InChI is InChI=1S/C17H20N4O2/c1-13(2)20-17(23)11-18-16(22)9-8-14-10-19-21(12-14)15-6-4-3-5-7-15/h3-10,12-13H,11H2,1-2H3,(H,18,22)(H,20,23)/b9-8+. The Balaban J connectivity index is 1.87. The van der Waals surface area contributed by atoms with Crippen LogP contribution in [-0.4, -0.2) is 34.2 Å². The molecule has 2 aromatic rings. The molecular weight excluding hydrogens is 292 g/mol. The molecule has 0 atom stereocenters. The molecule has 1 heterocycles. The van der Waals surface area contributed by atoms with Gasteiger partial charge >= 0.3 is 0 Å². The van der Waals surface area contributed by atoms with Crippen molar-refractivity contribution in [3.8, 4) is 5.69 Å². The van der Waals surface area contributed by atoms with Crippen molar-refractivity contribution in [3.05, 3.63) is 54.4 Å². The van der Waals surface area contributed by atoms with Gasteiger partial charge < -0.3 is 10.6 Å². The Morgan fingerprint density at radius 1 is 1.26 bits per heavy atom. The average molecular weight is 312 g/mol. The number of carbonyl (C=O) groups is 2. The van der Waals surface area contributed by atoms with Gasteiger partial charge in [-0.1, -0.05) is 18.2 Å². The van der Waals surface area contributed by atoms with Crippen LogP contribution < -0.4 is 10.6 Å². The van der Waals surface area contributed by atoms with E-state index in [1.165, 1.54) is 6.08 Å². The predicted molar refractivity (Wildman–Crippen MR) is 88.9 cm³/mol. The van der Waals surface area contributed by atoms with Gasteiger partial charge in [0.05, 0.1) is 18.4 Å². The van der Waals surface area contributed by atoms with Gasteiger partial charge in [-0.3, -0.25) is 9.59 Å². The van der Waals surface area contributed by atoms with Gasteiger partial charge in [-0.15, -0.1) is 0 Å². The van der Waals surface area contributed by atoms with Crippen molar-refractivity contribution in [3.63, 3.8) is 0 Å². The SMILES string of the molecule is CC(C)NC(=O)CNC(=O)/C=C/c1cnn(-c2ccccc2)c1. The minimum absolute atomic E-state index is 0.0371. The molecule has 0 fully saturated rings. The lowest BCUT2D eigenvalue weighted by atomic mass is 10.3. The zero-order valence-electron chi connectivity index (χ0n) is 13.2. The molecule has 2 rings (SSSR count). The number of aromatic nitrogens is 2. The normalized spacial score (nSPS) is 10.9. The third kappa shape index (κ3) is 5.43. The lowest BCUT2D eigenvalue weighted by Crippen LogP contribution is -2.39. The summed E-state index contributed by atoms with van der Waals surface area (Å²) >= 11 is 0. The molecule has 0 aliphatic rings. The predicted octanol–water partition coefficient (Wildman–Crippen LogP) is 1.53. The van der Waals surface area contributed by atoms with Crippen molar-refractivity contribution in [1.82, 2.24) is 20.4 Å². The number of nitrogens with zero attached hydrogens (tertiary/aromatic N) is 2. The molecule has 1 aromatic carbocycles. The summed E-state index contributed by atoms with van der Waals surface area (Å²) in [5.74, 6) is -0.532. The van der Waals surface area contributed by atoms with Crippen molar-refractivity contribution in [2.24, 2.45) is 0 Å². The van der Waals surface area contributed by atoms with Crippen LogP contribution in [0.15, 0.2) is 48.8 Å². The van der Waals surface area contributed by atoms with Crippen LogP contribution in [0.1, 0.15) is 19.4 Å². The van der Waals surface area contributed by atoms with Crippen molar-refractivity contribution in [1.29, 1.82) is 0 Å². The first kappa shape index (κ1) is 16.5. The van der Waals surface area contributed by atoms with E-state index in [4.69, 9.17) is 0 Å². The second kappa shape index (κ2) is 7.93. The van der Waals surface area contributed by atoms with E-state index in [1.807, 2.05) is 50.4 Å². The third-order valence-corrected chi connectivity index (χ3v) is 2.92. The molecule has 23 heavy (non-hydrogen) atoms. The molecule has 6 heteroatoms. The van der Waals surface area contributed by atoms with Gasteiger partial charge in [0.2, 0.25) is 11.8 Å². The van der Waals surface area contributed by atoms with E-state index in [1.54, 1.807) is 17.0 Å². The molecule has 1 aromatic heterocycles. The molecule has 2 N–H and O–H groups in total. The first-order valence-electron chi connectivity index (χ1n) is 7.40. The zero-order chi connectivity index (χ0) is 16.7. The number of para-hydroxylation sites is 1. The summed E-state index contributed by atoms with van der Waals surface area (Å²) in [6.07, 6.45) is 6.53. The molecule has 6 nitrogen and oxygen atoms in total. The Hall–Kier alpha value is -2.89. The Bertz CT molecular complexity index is 690. The Labute approximate surface area is 135 Å². The second-order valence-electron chi connectivity index (χ2n) is 5.33. The molecule has 0 spiro atoms. The highest BCUT2D eigenvalue weighted by molar-refractivity contribution is 5.94. The van der Waals surface area contributed by atoms with Crippen molar-refractivity contribution in [2.75, 3.05) is 6.54 Å². The molecule has 0 radical (unpaired) electrons. The van der Waals surface area contributed by atoms with Crippen LogP contribution in [-0.2, 0) is 9.59 Å². The zero-order valence-corrected chi connectivity index (χ0v) is 13.2. The maximum absolute atomic E-state index is 11.7. The topological polar surface area (TPSA) is 76.0 Å². The summed E-state index contributed by atoms with van der Waals surface area (Å²) in [7, 11) is 0. The van der Waals surface area contributed by atoms with Gasteiger partial charge in [-0.05, 0) is 32.1 Å². The van der Waals surface area contributed by atoms with Gasteiger partial charge in [0, 0.05) is 23.9 Å². The monoisotopic (exact) mass is 312 g/mol. The maximum atomic E-state index is 11.7. The van der Waals surface area contributed by atoms with E-state index in [0.29, 0.717) is 0 Å². The van der Waals surface area contributed by atoms with E-state index in [-0.39, 0.29) is 24.4 Å². The van der Waals surface area contributed by atoms with Crippen molar-refractivity contribution in [2.45, 2.75) is 19.9 Å². The van der Waals surface area contributed by atoms with Crippen LogP contribution in [0.25, 0.3) is 11.8 Å². The summed E-state index contributed by atoms with van der Waals surface area (Å²) in [4.78, 5) is 23.1. The first-order chi connectivity index (χ1) is 11.0. The maximum Gasteiger partial charge on any atom is 0.244 e. The average Bonchev–Trinajstić information content (AvgIpc) is 3.00. The van der Waals surface area contributed by atoms with Gasteiger partial charge in [0.1, 0.15) is 0 Å². The molecular formula is C17H20N4O2. The fourth-order valence-corrected chi connectivity index (χ4v) is 1.92. The number of nitrogens with one attached hydrogen (secondary N) is 2. The minimum Gasteiger partial charge on any atom is -0.352 e. The molecule has 0 bridgehead atoms. The van der Waals surface area contributed by atoms with Crippen LogP contribution in [0, 0.1) is 0 Å². The van der Waals surface area contributed by atoms with E-state index in [9.17, 15) is 9.59 Å². The van der Waals surface area contributed by atoms with Crippen LogP contribution in [0.4, 0.5) is 0 Å². The van der Waals surface area contributed by atoms with E-state index >= 15 is 0 Å². The highest BCUT2D eigenvalue weighted by Gasteiger charge is 2.04. The number of benzene rings is 1. The molecule has 0 saturated heterocycles. The largest absolute Gasteiger partial charge is 0.352 e. The smallest absolute Gasteiger partial charge is 0.244 e. The Morgan fingerprint density at radius 2 is 2.00 bits per heavy atom. The number of hydrogen-bond acceptors (Lipinski definition) is 3. The van der Waals surface area contributed by atoms with Crippen LogP contribution in [0.2, 0.25) is 0 Å². The second-order valence-corrected chi connectivity index (χ2v) is 5.33. The number of amides is 2. The van der Waals surface area contributed by atoms with Crippen LogP contribution in [0.3, 0.4) is 0 Å². The summed E-state index contributed by atoms with van der Waals surface area (Å²) in [5.41, 5.74) is 1.75. The van der Waals surface area contributed by atoms with Gasteiger partial charge in [0.15, 0.2) is 0 Å². The van der Waals surface area contributed by atoms with Gasteiger partial charge in [0.25, 0.3) is 0 Å². The molecule has 2 amide bonds. The van der Waals surface area contributed by atoms with Crippen LogP contribution >= 0.6 is 0 Å². The first-order valence-corrected chi connectivity index (χ1v) is 7.40. The van der Waals surface area contributed by atoms with Gasteiger partial charge in [-0.2, -0.15) is 5.10 Å². The Kier molecular flexibility index (Phi) is 5.68. The molecule has 0 saturated carbocycles. The number of rotatable bonds is 6. The molecule has 0 unspecified atom stereocenters. The fourth-order valence-electron chi connectivity index (χ4n) is 1.92. The lowest BCUT2D eigenvalue weighted by molar-refractivity contribution is -0.124. The summed E-state index contributed by atoms with van der Waals surface area (Å²) in [6.45, 7) is 3.69. The third-order valence-electron chi connectivity index (χ3n) is 2.92. The number of hydrogen-bond donors (Lipinski definition) is 2. The quantitative estimate of drug-likeness (QED) is 0.794. The summed E-state index contributed by atoms with van der Waals surface area (Å²) in [5, 5.41) is 9.47. The van der Waals surface area contributed by atoms with E-state index in [2.05, 4.69) is 15.7 Å². The van der Waals surface area contributed by atoms with Crippen molar-refractivity contribution < 1.29 is 9.59 Å². The molecule has 120 valence electrons. The number of carbonyl (C=O) groups excluding carboxylic acids is 2. The lowest BCUT2D eigenvalue weighted by Gasteiger charge is -2.07. The van der Waals surface area contributed by atoms with E-state index in [0.717, 1.165) is 11.3 Å². The molecule has 0 aliphatic carbocycles. The van der Waals surface area contributed by atoms with Crippen molar-refractivity contribution >= 4 is 17.9 Å². The summed E-state index contributed by atoms with van der Waals surface area (Å²) in [6, 6.07) is 9.75.